The first kappa shape index (κ1) is 14.8. The number of hydrogen-bond acceptors (Lipinski definition) is 2. The van der Waals surface area contributed by atoms with Crippen molar-refractivity contribution >= 4 is 0 Å². The van der Waals surface area contributed by atoms with E-state index in [0.717, 1.165) is 24.0 Å². The van der Waals surface area contributed by atoms with Gasteiger partial charge in [-0.1, -0.05) is 54.1 Å². The number of hydrogen-bond donors (Lipinski definition) is 1. The van der Waals surface area contributed by atoms with Gasteiger partial charge in [-0.25, -0.2) is 4.89 Å². The Bertz CT molecular complexity index is 563. The third-order valence-electron chi connectivity index (χ3n) is 3.89. The van der Waals surface area contributed by atoms with Gasteiger partial charge in [-0.3, -0.25) is 5.26 Å². The largest absolute Gasteiger partial charge is 0.251 e. The molecule has 1 atom stereocenters. The molecule has 2 aromatic rings. The number of aryl methyl sites for hydroxylation is 3. The molecule has 20 heavy (non-hydrogen) atoms. The van der Waals surface area contributed by atoms with Gasteiger partial charge in [0.2, 0.25) is 0 Å². The lowest BCUT2D eigenvalue weighted by Gasteiger charge is -2.28. The summed E-state index contributed by atoms with van der Waals surface area (Å²) in [5, 5.41) is 9.41. The van der Waals surface area contributed by atoms with E-state index in [2.05, 4.69) is 38.1 Å². The second-order valence-electron chi connectivity index (χ2n) is 5.63. The van der Waals surface area contributed by atoms with Crippen LogP contribution >= 0.6 is 0 Å². The predicted octanol–water partition coefficient (Wildman–Crippen LogP) is 4.64. The Hall–Kier alpha value is -1.64. The van der Waals surface area contributed by atoms with Crippen LogP contribution in [-0.2, 0) is 16.9 Å². The van der Waals surface area contributed by atoms with Gasteiger partial charge in [0, 0.05) is 0 Å². The third-order valence-corrected chi connectivity index (χ3v) is 3.89. The molecule has 1 unspecified atom stereocenters. The lowest BCUT2D eigenvalue weighted by Crippen LogP contribution is -2.26. The molecule has 0 radical (unpaired) electrons. The van der Waals surface area contributed by atoms with Crippen LogP contribution in [0.3, 0.4) is 0 Å². The van der Waals surface area contributed by atoms with Gasteiger partial charge in [-0.2, -0.15) is 0 Å². The van der Waals surface area contributed by atoms with Gasteiger partial charge in [0.25, 0.3) is 0 Å². The molecule has 0 saturated heterocycles. The molecule has 0 aliphatic rings. The summed E-state index contributed by atoms with van der Waals surface area (Å²) in [7, 11) is 0. The van der Waals surface area contributed by atoms with Crippen LogP contribution < -0.4 is 0 Å². The van der Waals surface area contributed by atoms with E-state index in [1.54, 1.807) is 0 Å². The van der Waals surface area contributed by atoms with Crippen molar-refractivity contribution in [2.45, 2.75) is 39.2 Å². The zero-order chi connectivity index (χ0) is 14.6. The third kappa shape index (κ3) is 3.27. The Morgan fingerprint density at radius 1 is 1.05 bits per heavy atom. The maximum atomic E-state index is 9.41. The maximum absolute atomic E-state index is 9.41. The summed E-state index contributed by atoms with van der Waals surface area (Å²) in [6.45, 7) is 6.06. The minimum atomic E-state index is -0.673. The van der Waals surface area contributed by atoms with Crippen molar-refractivity contribution in [2.75, 3.05) is 0 Å². The van der Waals surface area contributed by atoms with Gasteiger partial charge in [-0.05, 0) is 50.3 Å². The van der Waals surface area contributed by atoms with Crippen molar-refractivity contribution in [3.63, 3.8) is 0 Å². The topological polar surface area (TPSA) is 29.5 Å². The zero-order valence-corrected chi connectivity index (χ0v) is 12.4. The average molecular weight is 270 g/mol. The first-order valence-corrected chi connectivity index (χ1v) is 6.99. The minimum absolute atomic E-state index is 0.673. The molecule has 0 heterocycles. The molecule has 0 aromatic heterocycles. The number of rotatable bonds is 5. The zero-order valence-electron chi connectivity index (χ0n) is 12.4. The summed E-state index contributed by atoms with van der Waals surface area (Å²) < 4.78 is 0. The van der Waals surface area contributed by atoms with E-state index in [1.165, 1.54) is 11.1 Å². The Morgan fingerprint density at radius 3 is 2.35 bits per heavy atom. The summed E-state index contributed by atoms with van der Waals surface area (Å²) in [5.74, 6) is 0. The van der Waals surface area contributed by atoms with Crippen molar-refractivity contribution < 1.29 is 10.1 Å². The summed E-state index contributed by atoms with van der Waals surface area (Å²) in [6.07, 6.45) is 1.60. The SMILES string of the molecule is Cc1ccc(C(C)(CCc2ccccc2)OO)c(C)c1. The predicted molar refractivity (Wildman–Crippen MR) is 81.7 cm³/mol. The standard InChI is InChI=1S/C18H22O2/c1-14-9-10-17(15(2)13-14)18(3,20-19)12-11-16-7-5-4-6-8-16/h4-10,13,19H,11-12H2,1-3H3. The molecule has 0 amide bonds. The Labute approximate surface area is 121 Å². The van der Waals surface area contributed by atoms with E-state index in [1.807, 2.05) is 31.2 Å². The fourth-order valence-corrected chi connectivity index (χ4v) is 2.66. The van der Waals surface area contributed by atoms with Crippen LogP contribution in [0.2, 0.25) is 0 Å². The molecule has 0 saturated carbocycles. The van der Waals surface area contributed by atoms with Gasteiger partial charge in [0.05, 0.1) is 0 Å². The van der Waals surface area contributed by atoms with E-state index >= 15 is 0 Å². The Morgan fingerprint density at radius 2 is 1.75 bits per heavy atom. The Kier molecular flexibility index (Phi) is 4.58. The van der Waals surface area contributed by atoms with Gasteiger partial charge in [0.1, 0.15) is 5.60 Å². The molecular weight excluding hydrogens is 248 g/mol. The lowest BCUT2D eigenvalue weighted by atomic mass is 9.86. The first-order valence-electron chi connectivity index (χ1n) is 6.99. The molecule has 0 fully saturated rings. The van der Waals surface area contributed by atoms with E-state index in [0.29, 0.717) is 0 Å². The van der Waals surface area contributed by atoms with Crippen molar-refractivity contribution in [2.24, 2.45) is 0 Å². The van der Waals surface area contributed by atoms with Crippen LogP contribution in [0.5, 0.6) is 0 Å². The quantitative estimate of drug-likeness (QED) is 0.633. The van der Waals surface area contributed by atoms with Crippen molar-refractivity contribution in [1.29, 1.82) is 0 Å². The molecule has 0 spiro atoms. The van der Waals surface area contributed by atoms with Crippen molar-refractivity contribution in [3.05, 3.63) is 70.8 Å². The normalized spacial score (nSPS) is 14.0. The van der Waals surface area contributed by atoms with Gasteiger partial charge in [-0.15, -0.1) is 0 Å². The molecule has 2 nitrogen and oxygen atoms in total. The summed E-state index contributed by atoms with van der Waals surface area (Å²) in [4.78, 5) is 4.87. The van der Waals surface area contributed by atoms with Crippen LogP contribution in [0.1, 0.15) is 35.6 Å². The molecule has 106 valence electrons. The molecule has 2 heteroatoms. The van der Waals surface area contributed by atoms with E-state index < -0.39 is 5.60 Å². The minimum Gasteiger partial charge on any atom is -0.251 e. The second-order valence-corrected chi connectivity index (χ2v) is 5.63. The van der Waals surface area contributed by atoms with Crippen LogP contribution in [0.4, 0.5) is 0 Å². The molecule has 1 N–H and O–H groups in total. The van der Waals surface area contributed by atoms with Crippen LogP contribution in [0.25, 0.3) is 0 Å². The highest BCUT2D eigenvalue weighted by Gasteiger charge is 2.29. The summed E-state index contributed by atoms with van der Waals surface area (Å²) >= 11 is 0. The van der Waals surface area contributed by atoms with E-state index in [9.17, 15) is 5.26 Å². The van der Waals surface area contributed by atoms with Crippen molar-refractivity contribution in [1.82, 2.24) is 0 Å². The maximum Gasteiger partial charge on any atom is 0.126 e. The molecular formula is C18H22O2. The smallest absolute Gasteiger partial charge is 0.126 e. The summed E-state index contributed by atoms with van der Waals surface area (Å²) in [6, 6.07) is 16.5. The molecule has 2 rings (SSSR count). The molecule has 2 aromatic carbocycles. The van der Waals surface area contributed by atoms with Gasteiger partial charge in [0.15, 0.2) is 0 Å². The van der Waals surface area contributed by atoms with E-state index in [4.69, 9.17) is 4.89 Å². The highest BCUT2D eigenvalue weighted by molar-refractivity contribution is 5.34. The van der Waals surface area contributed by atoms with Crippen LogP contribution in [0.15, 0.2) is 48.5 Å². The van der Waals surface area contributed by atoms with Gasteiger partial charge < -0.3 is 0 Å². The van der Waals surface area contributed by atoms with E-state index in [-0.39, 0.29) is 0 Å². The molecule has 0 bridgehead atoms. The fourth-order valence-electron chi connectivity index (χ4n) is 2.66. The second kappa shape index (κ2) is 6.21. The molecule has 0 aliphatic carbocycles. The lowest BCUT2D eigenvalue weighted by molar-refractivity contribution is -0.325. The first-order chi connectivity index (χ1) is 9.55. The van der Waals surface area contributed by atoms with Crippen LogP contribution in [-0.4, -0.2) is 5.26 Å². The summed E-state index contributed by atoms with van der Waals surface area (Å²) in [5.41, 5.74) is 3.99. The number of benzene rings is 2. The van der Waals surface area contributed by atoms with Crippen LogP contribution in [0, 0.1) is 13.8 Å². The monoisotopic (exact) mass is 270 g/mol. The highest BCUT2D eigenvalue weighted by Crippen LogP contribution is 2.32. The highest BCUT2D eigenvalue weighted by atomic mass is 17.1. The molecule has 0 aliphatic heterocycles. The fraction of sp³-hybridized carbons (Fsp3) is 0.333. The van der Waals surface area contributed by atoms with Crippen molar-refractivity contribution in [3.8, 4) is 0 Å². The average Bonchev–Trinajstić information content (AvgIpc) is 2.46. The van der Waals surface area contributed by atoms with Gasteiger partial charge >= 0.3 is 0 Å². The Balaban J connectivity index is 2.20.